The van der Waals surface area contributed by atoms with Gasteiger partial charge >= 0.3 is 0 Å². The minimum absolute atomic E-state index is 0.0364. The van der Waals surface area contributed by atoms with E-state index < -0.39 is 0 Å². The smallest absolute Gasteiger partial charge is 0.253 e. The standard InChI is InChI=1S/C13H18N4O2/c1-17(2)11-4-3-8(14)5-10(11)13(19)16-9-6-12(18)15-7-9/h3-5,9H,6-7,14H2,1-2H3,(H,15,18)(H,16,19). The largest absolute Gasteiger partial charge is 0.399 e. The Balaban J connectivity index is 2.18. The summed E-state index contributed by atoms with van der Waals surface area (Å²) in [5.74, 6) is -0.247. The highest BCUT2D eigenvalue weighted by atomic mass is 16.2. The fourth-order valence-electron chi connectivity index (χ4n) is 2.10. The Morgan fingerprint density at radius 2 is 2.21 bits per heavy atom. The molecule has 1 heterocycles. The average Bonchev–Trinajstić information content (AvgIpc) is 2.74. The lowest BCUT2D eigenvalue weighted by atomic mass is 10.1. The predicted molar refractivity (Wildman–Crippen MR) is 74.1 cm³/mol. The second-order valence-corrected chi connectivity index (χ2v) is 4.85. The molecule has 2 amide bonds. The zero-order valence-corrected chi connectivity index (χ0v) is 11.1. The highest BCUT2D eigenvalue weighted by Crippen LogP contribution is 2.21. The van der Waals surface area contributed by atoms with Gasteiger partial charge in [-0.3, -0.25) is 9.59 Å². The molecule has 0 bridgehead atoms. The third-order valence-electron chi connectivity index (χ3n) is 3.06. The van der Waals surface area contributed by atoms with E-state index in [2.05, 4.69) is 10.6 Å². The van der Waals surface area contributed by atoms with Crippen LogP contribution in [-0.2, 0) is 4.79 Å². The van der Waals surface area contributed by atoms with Gasteiger partial charge in [0.15, 0.2) is 0 Å². The van der Waals surface area contributed by atoms with Crippen LogP contribution in [0, 0.1) is 0 Å². The average molecular weight is 262 g/mol. The summed E-state index contributed by atoms with van der Waals surface area (Å²) in [7, 11) is 3.73. The second kappa shape index (κ2) is 5.17. The van der Waals surface area contributed by atoms with Gasteiger partial charge in [-0.05, 0) is 18.2 Å². The number of nitrogens with zero attached hydrogens (tertiary/aromatic N) is 1. The molecule has 1 unspecified atom stereocenters. The minimum Gasteiger partial charge on any atom is -0.399 e. The van der Waals surface area contributed by atoms with Crippen LogP contribution in [0.15, 0.2) is 18.2 Å². The molecular formula is C13H18N4O2. The number of amides is 2. The molecule has 1 aromatic carbocycles. The van der Waals surface area contributed by atoms with Crippen molar-refractivity contribution in [2.75, 3.05) is 31.3 Å². The van der Waals surface area contributed by atoms with Crippen LogP contribution in [0.2, 0.25) is 0 Å². The normalized spacial score (nSPS) is 18.0. The van der Waals surface area contributed by atoms with Crippen LogP contribution in [0.5, 0.6) is 0 Å². The van der Waals surface area contributed by atoms with Crippen molar-refractivity contribution in [3.63, 3.8) is 0 Å². The molecule has 102 valence electrons. The van der Waals surface area contributed by atoms with Gasteiger partial charge in [-0.2, -0.15) is 0 Å². The molecule has 1 aromatic rings. The van der Waals surface area contributed by atoms with E-state index in [1.54, 1.807) is 12.1 Å². The zero-order chi connectivity index (χ0) is 14.0. The van der Waals surface area contributed by atoms with Crippen LogP contribution < -0.4 is 21.3 Å². The van der Waals surface area contributed by atoms with Gasteiger partial charge in [0.2, 0.25) is 5.91 Å². The Hall–Kier alpha value is -2.24. The van der Waals surface area contributed by atoms with E-state index in [0.717, 1.165) is 5.69 Å². The molecule has 19 heavy (non-hydrogen) atoms. The first-order chi connectivity index (χ1) is 8.97. The van der Waals surface area contributed by atoms with Gasteiger partial charge in [-0.15, -0.1) is 0 Å². The molecule has 1 aliphatic rings. The third-order valence-corrected chi connectivity index (χ3v) is 3.06. The third kappa shape index (κ3) is 2.96. The Morgan fingerprint density at radius 1 is 1.47 bits per heavy atom. The first kappa shape index (κ1) is 13.2. The predicted octanol–water partition coefficient (Wildman–Crippen LogP) is -0.0469. The van der Waals surface area contributed by atoms with Crippen molar-refractivity contribution in [1.29, 1.82) is 0 Å². The summed E-state index contributed by atoms with van der Waals surface area (Å²) in [5.41, 5.74) is 7.58. The molecule has 6 heteroatoms. The first-order valence-corrected chi connectivity index (χ1v) is 6.12. The molecule has 4 N–H and O–H groups in total. The number of anilines is 2. The van der Waals surface area contributed by atoms with E-state index in [9.17, 15) is 9.59 Å². The maximum atomic E-state index is 12.3. The summed E-state index contributed by atoms with van der Waals surface area (Å²) in [6.45, 7) is 0.476. The molecular weight excluding hydrogens is 244 g/mol. The van der Waals surface area contributed by atoms with Crippen LogP contribution in [0.1, 0.15) is 16.8 Å². The molecule has 0 aliphatic carbocycles. The van der Waals surface area contributed by atoms with Gasteiger partial charge < -0.3 is 21.3 Å². The van der Waals surface area contributed by atoms with Crippen molar-refractivity contribution in [2.24, 2.45) is 0 Å². The van der Waals surface area contributed by atoms with Crippen molar-refractivity contribution in [2.45, 2.75) is 12.5 Å². The summed E-state index contributed by atoms with van der Waals surface area (Å²) in [5, 5.41) is 5.53. The number of carbonyl (C=O) groups is 2. The lowest BCUT2D eigenvalue weighted by Crippen LogP contribution is -2.36. The van der Waals surface area contributed by atoms with E-state index in [4.69, 9.17) is 5.73 Å². The molecule has 0 radical (unpaired) electrons. The van der Waals surface area contributed by atoms with Crippen LogP contribution >= 0.6 is 0 Å². The van der Waals surface area contributed by atoms with Gasteiger partial charge in [0.1, 0.15) is 0 Å². The lowest BCUT2D eigenvalue weighted by Gasteiger charge is -2.19. The molecule has 0 aromatic heterocycles. The molecule has 0 saturated carbocycles. The molecule has 1 aliphatic heterocycles. The van der Waals surface area contributed by atoms with Crippen molar-refractivity contribution in [3.05, 3.63) is 23.8 Å². The Kier molecular flexibility index (Phi) is 3.59. The maximum Gasteiger partial charge on any atom is 0.253 e. The zero-order valence-electron chi connectivity index (χ0n) is 11.1. The number of benzene rings is 1. The van der Waals surface area contributed by atoms with Gasteiger partial charge in [-0.25, -0.2) is 0 Å². The summed E-state index contributed by atoms with van der Waals surface area (Å²) in [6.07, 6.45) is 0.325. The Morgan fingerprint density at radius 3 is 2.79 bits per heavy atom. The number of hydrogen-bond acceptors (Lipinski definition) is 4. The number of nitrogen functional groups attached to an aromatic ring is 1. The van der Waals surface area contributed by atoms with Crippen molar-refractivity contribution >= 4 is 23.2 Å². The van der Waals surface area contributed by atoms with E-state index in [1.807, 2.05) is 25.1 Å². The number of nitrogens with one attached hydrogen (secondary N) is 2. The highest BCUT2D eigenvalue weighted by molar-refractivity contribution is 6.01. The summed E-state index contributed by atoms with van der Waals surface area (Å²) < 4.78 is 0. The number of hydrogen-bond donors (Lipinski definition) is 3. The van der Waals surface area contributed by atoms with Crippen molar-refractivity contribution in [1.82, 2.24) is 10.6 Å². The van der Waals surface area contributed by atoms with Crippen LogP contribution in [0.4, 0.5) is 11.4 Å². The first-order valence-electron chi connectivity index (χ1n) is 6.12. The Labute approximate surface area is 112 Å². The minimum atomic E-state index is -0.211. The summed E-state index contributed by atoms with van der Waals surface area (Å²) >= 11 is 0. The van der Waals surface area contributed by atoms with Crippen molar-refractivity contribution < 1.29 is 9.59 Å². The SMILES string of the molecule is CN(C)c1ccc(N)cc1C(=O)NC1CNC(=O)C1. The lowest BCUT2D eigenvalue weighted by molar-refractivity contribution is -0.119. The topological polar surface area (TPSA) is 87.5 Å². The Bertz CT molecular complexity index is 513. The second-order valence-electron chi connectivity index (χ2n) is 4.85. The number of carbonyl (C=O) groups excluding carboxylic acids is 2. The quantitative estimate of drug-likeness (QED) is 0.667. The van der Waals surface area contributed by atoms with Gasteiger partial charge in [0.05, 0.1) is 11.6 Å². The van der Waals surface area contributed by atoms with Gasteiger partial charge in [-0.1, -0.05) is 0 Å². The van der Waals surface area contributed by atoms with Crippen molar-refractivity contribution in [3.8, 4) is 0 Å². The van der Waals surface area contributed by atoms with E-state index >= 15 is 0 Å². The highest BCUT2D eigenvalue weighted by Gasteiger charge is 2.24. The molecule has 0 spiro atoms. The molecule has 6 nitrogen and oxygen atoms in total. The van der Waals surface area contributed by atoms with E-state index in [-0.39, 0.29) is 17.9 Å². The summed E-state index contributed by atoms with van der Waals surface area (Å²) in [6, 6.07) is 5.06. The van der Waals surface area contributed by atoms with Gasteiger partial charge in [0, 0.05) is 38.4 Å². The number of nitrogens with two attached hydrogens (primary N) is 1. The molecule has 1 saturated heterocycles. The molecule has 1 atom stereocenters. The number of rotatable bonds is 3. The molecule has 1 fully saturated rings. The fraction of sp³-hybridized carbons (Fsp3) is 0.385. The maximum absolute atomic E-state index is 12.3. The van der Waals surface area contributed by atoms with Crippen LogP contribution in [0.25, 0.3) is 0 Å². The van der Waals surface area contributed by atoms with Crippen LogP contribution in [-0.4, -0.2) is 38.5 Å². The van der Waals surface area contributed by atoms with Gasteiger partial charge in [0.25, 0.3) is 5.91 Å². The summed E-state index contributed by atoms with van der Waals surface area (Å²) in [4.78, 5) is 25.2. The van der Waals surface area contributed by atoms with E-state index in [1.165, 1.54) is 0 Å². The monoisotopic (exact) mass is 262 g/mol. The van der Waals surface area contributed by atoms with Crippen LogP contribution in [0.3, 0.4) is 0 Å². The fourth-order valence-corrected chi connectivity index (χ4v) is 2.10. The van der Waals surface area contributed by atoms with E-state index in [0.29, 0.717) is 24.2 Å². The molecule has 2 rings (SSSR count).